The molecule has 4 N–H and O–H groups in total. The van der Waals surface area contributed by atoms with Crippen molar-refractivity contribution in [1.29, 1.82) is 0 Å². The number of carbonyl (C=O) groups is 1. The molecule has 23 heavy (non-hydrogen) atoms. The third-order valence-electron chi connectivity index (χ3n) is 3.10. The zero-order valence-electron chi connectivity index (χ0n) is 12.2. The topological polar surface area (TPSA) is 125 Å². The average Bonchev–Trinajstić information content (AvgIpc) is 2.58. The maximum Gasteiger partial charge on any atom is 0.407 e. The van der Waals surface area contributed by atoms with Crippen molar-refractivity contribution in [1.82, 2.24) is 15.3 Å². The molecule has 1 aromatic carbocycles. The van der Waals surface area contributed by atoms with Gasteiger partial charge >= 0.3 is 6.09 Å². The van der Waals surface area contributed by atoms with Gasteiger partial charge in [0, 0.05) is 12.7 Å². The largest absolute Gasteiger partial charge is 0.445 e. The highest BCUT2D eigenvalue weighted by atomic mass is 16.5. The molecule has 2 rings (SSSR count). The fraction of sp³-hybridized carbons (Fsp3) is 0.267. The Balaban J connectivity index is 1.79. The first-order valence-corrected chi connectivity index (χ1v) is 6.91. The van der Waals surface area contributed by atoms with E-state index in [1.165, 1.54) is 6.33 Å². The van der Waals surface area contributed by atoms with E-state index in [9.17, 15) is 19.8 Å². The van der Waals surface area contributed by atoms with Gasteiger partial charge < -0.3 is 25.3 Å². The van der Waals surface area contributed by atoms with Crippen LogP contribution in [0.5, 0.6) is 0 Å². The SMILES string of the molecule is O=C(NCC(O)C(O)c1cnc[nH]c1=O)OCc1ccccc1. The molecule has 2 aromatic rings. The Morgan fingerprint density at radius 1 is 1.30 bits per heavy atom. The number of nitrogens with one attached hydrogen (secondary N) is 2. The highest BCUT2D eigenvalue weighted by Crippen LogP contribution is 2.11. The molecule has 1 amide bonds. The smallest absolute Gasteiger partial charge is 0.407 e. The fourth-order valence-corrected chi connectivity index (χ4v) is 1.85. The number of amides is 1. The van der Waals surface area contributed by atoms with Crippen LogP contribution < -0.4 is 10.9 Å². The maximum atomic E-state index is 11.5. The van der Waals surface area contributed by atoms with E-state index in [0.29, 0.717) is 0 Å². The number of aromatic amines is 1. The first-order valence-electron chi connectivity index (χ1n) is 6.91. The van der Waals surface area contributed by atoms with Gasteiger partial charge in [-0.25, -0.2) is 9.78 Å². The van der Waals surface area contributed by atoms with Crippen LogP contribution in [-0.4, -0.2) is 38.9 Å². The summed E-state index contributed by atoms with van der Waals surface area (Å²) in [5.74, 6) is 0. The standard InChI is InChI=1S/C15H17N3O5/c19-12(13(20)11-6-16-9-18-14(11)21)7-17-15(22)23-8-10-4-2-1-3-5-10/h1-6,9,12-13,19-20H,7-8H2,(H,17,22)(H,16,18,21). The van der Waals surface area contributed by atoms with Crippen LogP contribution in [0.3, 0.4) is 0 Å². The molecule has 122 valence electrons. The number of hydrogen-bond acceptors (Lipinski definition) is 6. The molecule has 1 aromatic heterocycles. The highest BCUT2D eigenvalue weighted by Gasteiger charge is 2.22. The van der Waals surface area contributed by atoms with Crippen LogP contribution in [0.1, 0.15) is 17.2 Å². The first kappa shape index (κ1) is 16.7. The van der Waals surface area contributed by atoms with Crippen molar-refractivity contribution in [3.8, 4) is 0 Å². The lowest BCUT2D eigenvalue weighted by Crippen LogP contribution is -2.37. The predicted octanol–water partition coefficient (Wildman–Crippen LogP) is 0.0906. The van der Waals surface area contributed by atoms with Crippen molar-refractivity contribution in [3.05, 3.63) is 64.3 Å². The van der Waals surface area contributed by atoms with Crippen molar-refractivity contribution in [2.45, 2.75) is 18.8 Å². The summed E-state index contributed by atoms with van der Waals surface area (Å²) < 4.78 is 4.96. The lowest BCUT2D eigenvalue weighted by Gasteiger charge is -2.17. The van der Waals surface area contributed by atoms with E-state index in [4.69, 9.17) is 4.74 Å². The number of H-pyrrole nitrogens is 1. The lowest BCUT2D eigenvalue weighted by atomic mass is 10.1. The van der Waals surface area contributed by atoms with Gasteiger partial charge in [0.2, 0.25) is 0 Å². The van der Waals surface area contributed by atoms with Crippen LogP contribution in [0.2, 0.25) is 0 Å². The summed E-state index contributed by atoms with van der Waals surface area (Å²) in [6.45, 7) is -0.184. The van der Waals surface area contributed by atoms with Gasteiger partial charge in [-0.3, -0.25) is 4.79 Å². The normalized spacial score (nSPS) is 13.1. The summed E-state index contributed by atoms with van der Waals surface area (Å²) in [5, 5.41) is 22.0. The van der Waals surface area contributed by atoms with Gasteiger partial charge in [0.15, 0.2) is 0 Å². The first-order chi connectivity index (χ1) is 11.1. The van der Waals surface area contributed by atoms with Crippen LogP contribution in [-0.2, 0) is 11.3 Å². The van der Waals surface area contributed by atoms with Crippen LogP contribution in [0, 0.1) is 0 Å². The van der Waals surface area contributed by atoms with Crippen LogP contribution in [0.15, 0.2) is 47.7 Å². The zero-order chi connectivity index (χ0) is 16.7. The molecule has 0 radical (unpaired) electrons. The van der Waals surface area contributed by atoms with E-state index >= 15 is 0 Å². The molecular weight excluding hydrogens is 302 g/mol. The second-order valence-corrected chi connectivity index (χ2v) is 4.79. The number of rotatable bonds is 6. The summed E-state index contributed by atoms with van der Waals surface area (Å²) in [6.07, 6.45) is -1.25. The molecule has 0 bridgehead atoms. The van der Waals surface area contributed by atoms with Crippen molar-refractivity contribution >= 4 is 6.09 Å². The number of alkyl carbamates (subject to hydrolysis) is 1. The second kappa shape index (κ2) is 8.06. The molecule has 8 heteroatoms. The molecule has 0 aliphatic carbocycles. The molecule has 2 atom stereocenters. The van der Waals surface area contributed by atoms with E-state index < -0.39 is 23.9 Å². The minimum atomic E-state index is -1.47. The van der Waals surface area contributed by atoms with Crippen molar-refractivity contribution in [3.63, 3.8) is 0 Å². The number of aliphatic hydroxyl groups excluding tert-OH is 2. The molecule has 2 unspecified atom stereocenters. The molecule has 0 saturated heterocycles. The molecule has 0 aliphatic heterocycles. The molecule has 1 heterocycles. The summed E-state index contributed by atoms with van der Waals surface area (Å²) in [4.78, 5) is 29.0. The molecule has 0 aliphatic rings. The van der Waals surface area contributed by atoms with Crippen molar-refractivity contribution < 1.29 is 19.7 Å². The number of aromatic nitrogens is 2. The zero-order valence-corrected chi connectivity index (χ0v) is 12.2. The summed E-state index contributed by atoms with van der Waals surface area (Å²) >= 11 is 0. The third-order valence-corrected chi connectivity index (χ3v) is 3.10. The second-order valence-electron chi connectivity index (χ2n) is 4.79. The number of hydrogen-bond donors (Lipinski definition) is 4. The Morgan fingerprint density at radius 2 is 2.04 bits per heavy atom. The van der Waals surface area contributed by atoms with Crippen LogP contribution in [0.4, 0.5) is 4.79 Å². The van der Waals surface area contributed by atoms with Gasteiger partial charge in [-0.05, 0) is 5.56 Å². The highest BCUT2D eigenvalue weighted by molar-refractivity contribution is 5.67. The van der Waals surface area contributed by atoms with Gasteiger partial charge in [0.1, 0.15) is 18.8 Å². The summed E-state index contributed by atoms with van der Waals surface area (Å²) in [7, 11) is 0. The fourth-order valence-electron chi connectivity index (χ4n) is 1.85. The number of benzene rings is 1. The van der Waals surface area contributed by atoms with E-state index in [0.717, 1.165) is 11.8 Å². The van der Waals surface area contributed by atoms with Gasteiger partial charge in [0.05, 0.1) is 11.9 Å². The van der Waals surface area contributed by atoms with E-state index in [-0.39, 0.29) is 18.7 Å². The van der Waals surface area contributed by atoms with E-state index in [2.05, 4.69) is 15.3 Å². The predicted molar refractivity (Wildman–Crippen MR) is 80.5 cm³/mol. The molecule has 0 saturated carbocycles. The number of ether oxygens (including phenoxy) is 1. The molecular formula is C15H17N3O5. The Kier molecular flexibility index (Phi) is 5.84. The Bertz CT molecular complexity index is 689. The van der Waals surface area contributed by atoms with Crippen molar-refractivity contribution in [2.24, 2.45) is 0 Å². The minimum absolute atomic E-state index is 0.0838. The van der Waals surface area contributed by atoms with Crippen LogP contribution in [0.25, 0.3) is 0 Å². The lowest BCUT2D eigenvalue weighted by molar-refractivity contribution is 0.0174. The third kappa shape index (κ3) is 4.90. The number of carbonyl (C=O) groups excluding carboxylic acids is 1. The van der Waals surface area contributed by atoms with Crippen molar-refractivity contribution in [2.75, 3.05) is 6.54 Å². The summed E-state index contributed by atoms with van der Waals surface area (Å²) in [6, 6.07) is 9.10. The molecule has 0 fully saturated rings. The van der Waals surface area contributed by atoms with Gasteiger partial charge in [-0.15, -0.1) is 0 Å². The van der Waals surface area contributed by atoms with Crippen LogP contribution >= 0.6 is 0 Å². The minimum Gasteiger partial charge on any atom is -0.445 e. The number of aliphatic hydroxyl groups is 2. The van der Waals surface area contributed by atoms with Gasteiger partial charge in [-0.2, -0.15) is 0 Å². The maximum absolute atomic E-state index is 11.5. The quantitative estimate of drug-likeness (QED) is 0.598. The average molecular weight is 319 g/mol. The Labute approximate surface area is 131 Å². The van der Waals surface area contributed by atoms with E-state index in [1.54, 1.807) is 12.1 Å². The monoisotopic (exact) mass is 319 g/mol. The van der Waals surface area contributed by atoms with E-state index in [1.807, 2.05) is 18.2 Å². The molecule has 8 nitrogen and oxygen atoms in total. The Morgan fingerprint density at radius 3 is 2.74 bits per heavy atom. The van der Waals surface area contributed by atoms with Gasteiger partial charge in [0.25, 0.3) is 5.56 Å². The number of nitrogens with zero attached hydrogens (tertiary/aromatic N) is 1. The van der Waals surface area contributed by atoms with Gasteiger partial charge in [-0.1, -0.05) is 30.3 Å². The molecule has 0 spiro atoms. The Hall–Kier alpha value is -2.71. The summed E-state index contributed by atoms with van der Waals surface area (Å²) in [5.41, 5.74) is 0.183.